The Kier molecular flexibility index (Phi) is 19.4. The second-order valence-electron chi connectivity index (χ2n) is 6.92. The van der Waals surface area contributed by atoms with E-state index in [9.17, 15) is 9.59 Å². The van der Waals surface area contributed by atoms with E-state index in [1.165, 1.54) is 44.9 Å². The maximum atomic E-state index is 11.3. The summed E-state index contributed by atoms with van der Waals surface area (Å²) in [4.78, 5) is 21.6. The lowest BCUT2D eigenvalue weighted by Crippen LogP contribution is -2.28. The van der Waals surface area contributed by atoms with Crippen LogP contribution in [0.3, 0.4) is 0 Å². The van der Waals surface area contributed by atoms with Crippen LogP contribution in [0.25, 0.3) is 0 Å². The fourth-order valence-corrected chi connectivity index (χ4v) is 2.72. The molecular weight excluding hydrogens is 342 g/mol. The van der Waals surface area contributed by atoms with Gasteiger partial charge in [0.2, 0.25) is 5.91 Å². The first kappa shape index (κ1) is 25.4. The second-order valence-corrected chi connectivity index (χ2v) is 6.92. The van der Waals surface area contributed by atoms with E-state index in [1.807, 2.05) is 0 Å². The average molecular weight is 382 g/mol. The van der Waals surface area contributed by atoms with Crippen LogP contribution >= 0.6 is 0 Å². The number of aliphatic hydroxyl groups is 1. The van der Waals surface area contributed by atoms with Crippen molar-refractivity contribution >= 4 is 11.9 Å². The summed E-state index contributed by atoms with van der Waals surface area (Å²) in [6.07, 6.45) is 23.9. The molecule has 3 N–H and O–H groups in total. The summed E-state index contributed by atoms with van der Waals surface area (Å²) in [7, 11) is 0. The monoisotopic (exact) mass is 381 g/mol. The number of hydrogen-bond acceptors (Lipinski definition) is 3. The van der Waals surface area contributed by atoms with Gasteiger partial charge in [0.1, 0.15) is 6.54 Å². The lowest BCUT2D eigenvalue weighted by atomic mass is 10.1. The summed E-state index contributed by atoms with van der Waals surface area (Å²) in [6, 6.07) is 0. The van der Waals surface area contributed by atoms with Gasteiger partial charge in [-0.2, -0.15) is 0 Å². The Morgan fingerprint density at radius 1 is 0.667 bits per heavy atom. The Morgan fingerprint density at radius 2 is 1.11 bits per heavy atom. The predicted molar refractivity (Wildman–Crippen MR) is 111 cm³/mol. The van der Waals surface area contributed by atoms with Gasteiger partial charge in [-0.25, -0.2) is 0 Å². The number of carboxylic acids is 1. The van der Waals surface area contributed by atoms with E-state index in [-0.39, 0.29) is 12.5 Å². The Hall–Kier alpha value is -1.62. The smallest absolute Gasteiger partial charge is 0.322 e. The van der Waals surface area contributed by atoms with Crippen LogP contribution < -0.4 is 5.32 Å². The summed E-state index contributed by atoms with van der Waals surface area (Å²) in [5.41, 5.74) is 0. The van der Waals surface area contributed by atoms with Crippen LogP contribution in [0.4, 0.5) is 0 Å². The van der Waals surface area contributed by atoms with Crippen molar-refractivity contribution in [2.45, 2.75) is 89.9 Å². The van der Waals surface area contributed by atoms with Crippen LogP contribution in [0.5, 0.6) is 0 Å². The molecule has 0 unspecified atom stereocenters. The molecule has 0 aromatic heterocycles. The molecule has 1 amide bonds. The van der Waals surface area contributed by atoms with E-state index in [0.717, 1.165) is 38.5 Å². The van der Waals surface area contributed by atoms with Crippen molar-refractivity contribution in [2.24, 2.45) is 0 Å². The molecule has 156 valence electrons. The molecule has 0 aliphatic heterocycles. The van der Waals surface area contributed by atoms with Gasteiger partial charge in [0.15, 0.2) is 0 Å². The molecule has 0 aromatic rings. The highest BCUT2D eigenvalue weighted by Gasteiger charge is 2.02. The maximum Gasteiger partial charge on any atom is 0.322 e. The minimum absolute atomic E-state index is 0.192. The van der Waals surface area contributed by atoms with Crippen LogP contribution in [0.15, 0.2) is 24.3 Å². The van der Waals surface area contributed by atoms with Crippen molar-refractivity contribution in [1.29, 1.82) is 0 Å². The number of amides is 1. The second kappa shape index (κ2) is 20.7. The lowest BCUT2D eigenvalue weighted by molar-refractivity contribution is -0.137. The zero-order valence-electron chi connectivity index (χ0n) is 16.8. The molecule has 0 aliphatic rings. The summed E-state index contributed by atoms with van der Waals surface area (Å²) in [6.45, 7) is 0.0186. The van der Waals surface area contributed by atoms with E-state index in [0.29, 0.717) is 13.0 Å². The number of carbonyl (C=O) groups excluding carboxylic acids is 1. The van der Waals surface area contributed by atoms with Gasteiger partial charge in [0, 0.05) is 13.0 Å². The molecule has 0 fully saturated rings. The molecule has 0 heterocycles. The number of carbonyl (C=O) groups is 2. The summed E-state index contributed by atoms with van der Waals surface area (Å²) in [5.74, 6) is -1.20. The van der Waals surface area contributed by atoms with Crippen molar-refractivity contribution in [3.05, 3.63) is 24.3 Å². The van der Waals surface area contributed by atoms with Crippen molar-refractivity contribution in [3.63, 3.8) is 0 Å². The van der Waals surface area contributed by atoms with Gasteiger partial charge >= 0.3 is 5.97 Å². The molecule has 0 rings (SSSR count). The van der Waals surface area contributed by atoms with Gasteiger partial charge < -0.3 is 15.5 Å². The first-order chi connectivity index (χ1) is 13.2. The number of rotatable bonds is 19. The molecule has 5 nitrogen and oxygen atoms in total. The first-order valence-corrected chi connectivity index (χ1v) is 10.6. The molecule has 0 atom stereocenters. The molecule has 0 aliphatic carbocycles. The third-order valence-electron chi connectivity index (χ3n) is 4.32. The third-order valence-corrected chi connectivity index (χ3v) is 4.32. The van der Waals surface area contributed by atoms with Crippen LogP contribution in [0.1, 0.15) is 89.9 Å². The molecule has 0 radical (unpaired) electrons. The Labute approximate surface area is 164 Å². The quantitative estimate of drug-likeness (QED) is 0.222. The van der Waals surface area contributed by atoms with E-state index in [1.54, 1.807) is 0 Å². The van der Waals surface area contributed by atoms with E-state index < -0.39 is 5.97 Å². The first-order valence-electron chi connectivity index (χ1n) is 10.6. The largest absolute Gasteiger partial charge is 0.480 e. The topological polar surface area (TPSA) is 86.6 Å². The molecule has 27 heavy (non-hydrogen) atoms. The van der Waals surface area contributed by atoms with Crippen molar-refractivity contribution in [2.75, 3.05) is 13.2 Å². The van der Waals surface area contributed by atoms with Gasteiger partial charge in [-0.05, 0) is 57.8 Å². The average Bonchev–Trinajstić information content (AvgIpc) is 2.65. The molecule has 5 heteroatoms. The summed E-state index contributed by atoms with van der Waals surface area (Å²) in [5, 5.41) is 19.5. The number of unbranched alkanes of at least 4 members (excludes halogenated alkanes) is 10. The molecule has 0 spiro atoms. The minimum Gasteiger partial charge on any atom is -0.480 e. The fraction of sp³-hybridized carbons (Fsp3) is 0.727. The van der Waals surface area contributed by atoms with E-state index in [2.05, 4.69) is 29.6 Å². The SMILES string of the molecule is O=C(O)CNC(=O)CCC/C=C/CCCCCCC/C=C/CCCCCO. The van der Waals surface area contributed by atoms with Gasteiger partial charge in [-0.15, -0.1) is 0 Å². The molecule has 0 aromatic carbocycles. The standard InChI is InChI=1S/C22H39NO4/c24-19-17-15-13-11-9-7-5-3-1-2-4-6-8-10-12-14-16-18-21(25)23-20-22(26)27/h7,9-10,12,24H,1-6,8,11,13-20H2,(H,23,25)(H,26,27)/b9-7+,12-10+. The van der Waals surface area contributed by atoms with Crippen LogP contribution in [-0.4, -0.2) is 35.2 Å². The highest BCUT2D eigenvalue weighted by Crippen LogP contribution is 2.09. The van der Waals surface area contributed by atoms with Gasteiger partial charge in [-0.3, -0.25) is 9.59 Å². The molecular formula is C22H39NO4. The van der Waals surface area contributed by atoms with Crippen LogP contribution in [-0.2, 0) is 9.59 Å². The van der Waals surface area contributed by atoms with Crippen molar-refractivity contribution in [1.82, 2.24) is 5.32 Å². The van der Waals surface area contributed by atoms with E-state index in [4.69, 9.17) is 10.2 Å². The minimum atomic E-state index is -1.01. The van der Waals surface area contributed by atoms with Gasteiger partial charge in [0.25, 0.3) is 0 Å². The van der Waals surface area contributed by atoms with E-state index >= 15 is 0 Å². The zero-order valence-corrected chi connectivity index (χ0v) is 16.8. The van der Waals surface area contributed by atoms with Crippen molar-refractivity contribution < 1.29 is 19.8 Å². The molecule has 0 saturated carbocycles. The van der Waals surface area contributed by atoms with Crippen LogP contribution in [0, 0.1) is 0 Å². The highest BCUT2D eigenvalue weighted by atomic mass is 16.4. The summed E-state index contributed by atoms with van der Waals surface area (Å²) >= 11 is 0. The third kappa shape index (κ3) is 22.3. The highest BCUT2D eigenvalue weighted by molar-refractivity contribution is 5.80. The number of aliphatic carboxylic acids is 1. The number of carboxylic acid groups (broad SMARTS) is 1. The number of nitrogens with one attached hydrogen (secondary N) is 1. The van der Waals surface area contributed by atoms with Gasteiger partial charge in [-0.1, -0.05) is 50.0 Å². The fourth-order valence-electron chi connectivity index (χ4n) is 2.72. The Bertz CT molecular complexity index is 419. The Morgan fingerprint density at radius 3 is 1.59 bits per heavy atom. The number of hydrogen-bond donors (Lipinski definition) is 3. The Balaban J connectivity index is 3.25. The lowest BCUT2D eigenvalue weighted by Gasteiger charge is -2.00. The normalized spacial score (nSPS) is 11.4. The van der Waals surface area contributed by atoms with Gasteiger partial charge in [0.05, 0.1) is 0 Å². The zero-order chi connectivity index (χ0) is 20.0. The molecule has 0 saturated heterocycles. The molecule has 0 bridgehead atoms. The number of allylic oxidation sites excluding steroid dienone is 4. The number of aliphatic hydroxyl groups excluding tert-OH is 1. The maximum absolute atomic E-state index is 11.3. The van der Waals surface area contributed by atoms with Crippen molar-refractivity contribution in [3.8, 4) is 0 Å². The van der Waals surface area contributed by atoms with Crippen LogP contribution in [0.2, 0.25) is 0 Å². The summed E-state index contributed by atoms with van der Waals surface area (Å²) < 4.78 is 0. The predicted octanol–water partition coefficient (Wildman–Crippen LogP) is 4.75.